The highest BCUT2D eigenvalue weighted by molar-refractivity contribution is 5.79. The van der Waals surface area contributed by atoms with Crippen LogP contribution in [0.4, 0.5) is 5.82 Å². The molecule has 0 bridgehead atoms. The minimum absolute atomic E-state index is 0.0189. The summed E-state index contributed by atoms with van der Waals surface area (Å²) in [4.78, 5) is 37.8. The fourth-order valence-electron chi connectivity index (χ4n) is 4.68. The Hall–Kier alpha value is -4.20. The number of rotatable bonds is 7. The highest BCUT2D eigenvalue weighted by Gasteiger charge is 2.28. The van der Waals surface area contributed by atoms with Crippen molar-refractivity contribution in [3.05, 3.63) is 94.4 Å². The van der Waals surface area contributed by atoms with Crippen LogP contribution in [0.15, 0.2) is 77.7 Å². The van der Waals surface area contributed by atoms with Crippen LogP contribution in [-0.2, 0) is 17.9 Å². The van der Waals surface area contributed by atoms with Crippen LogP contribution in [-0.4, -0.2) is 40.6 Å². The Bertz CT molecular complexity index is 1420. The molecule has 0 spiro atoms. The van der Waals surface area contributed by atoms with Gasteiger partial charge in [0.25, 0.3) is 5.56 Å². The van der Waals surface area contributed by atoms with E-state index in [0.717, 1.165) is 29.7 Å². The van der Waals surface area contributed by atoms with Crippen molar-refractivity contribution in [2.75, 3.05) is 25.1 Å². The molecule has 36 heavy (non-hydrogen) atoms. The molecule has 8 heteroatoms. The number of fused-ring (bicyclic) bond motifs is 1. The minimum Gasteiger partial charge on any atom is -0.497 e. The van der Waals surface area contributed by atoms with Gasteiger partial charge >= 0.3 is 0 Å². The van der Waals surface area contributed by atoms with E-state index in [4.69, 9.17) is 9.72 Å². The van der Waals surface area contributed by atoms with Crippen LogP contribution in [0.3, 0.4) is 0 Å². The molecule has 1 fully saturated rings. The molecule has 1 N–H and O–H groups in total. The van der Waals surface area contributed by atoms with Gasteiger partial charge in [0.2, 0.25) is 5.91 Å². The third-order valence-electron chi connectivity index (χ3n) is 6.56. The van der Waals surface area contributed by atoms with E-state index < -0.39 is 0 Å². The summed E-state index contributed by atoms with van der Waals surface area (Å²) < 4.78 is 6.95. The maximum absolute atomic E-state index is 13.6. The summed E-state index contributed by atoms with van der Waals surface area (Å²) >= 11 is 0. The molecule has 184 valence electrons. The van der Waals surface area contributed by atoms with Gasteiger partial charge in [-0.1, -0.05) is 42.5 Å². The molecule has 8 nitrogen and oxygen atoms in total. The van der Waals surface area contributed by atoms with Gasteiger partial charge in [-0.2, -0.15) is 0 Å². The number of benzene rings is 2. The van der Waals surface area contributed by atoms with Crippen LogP contribution >= 0.6 is 0 Å². The van der Waals surface area contributed by atoms with E-state index in [-0.39, 0.29) is 17.4 Å². The van der Waals surface area contributed by atoms with E-state index >= 15 is 0 Å². The van der Waals surface area contributed by atoms with Crippen LogP contribution < -0.4 is 20.5 Å². The molecule has 1 aliphatic rings. The molecule has 1 aliphatic heterocycles. The number of nitrogens with zero attached hydrogens (tertiary/aromatic N) is 4. The first-order valence-corrected chi connectivity index (χ1v) is 12.2. The number of anilines is 1. The van der Waals surface area contributed by atoms with E-state index in [2.05, 4.69) is 10.3 Å². The normalized spacial score (nSPS) is 15.6. The second-order valence-electron chi connectivity index (χ2n) is 9.01. The fourth-order valence-corrected chi connectivity index (χ4v) is 4.68. The van der Waals surface area contributed by atoms with Crippen molar-refractivity contribution in [2.45, 2.75) is 25.9 Å². The lowest BCUT2D eigenvalue weighted by molar-refractivity contribution is -0.125. The van der Waals surface area contributed by atoms with E-state index in [1.807, 2.05) is 71.6 Å². The van der Waals surface area contributed by atoms with Crippen LogP contribution in [0.25, 0.3) is 11.2 Å². The molecule has 4 aromatic rings. The number of ether oxygens (including phenoxy) is 1. The standard InChI is InChI=1S/C28H29N5O3/c1-36-23-12-5-10-21(16-23)17-30-27(34)22-11-7-15-32(19-22)26-28(35)33(18-20-8-3-2-4-9-20)25-24(31-26)13-6-14-29-25/h2-6,8-10,12-14,16,22H,7,11,15,17-19H2,1H3,(H,30,34). The highest BCUT2D eigenvalue weighted by atomic mass is 16.5. The summed E-state index contributed by atoms with van der Waals surface area (Å²) in [6.07, 6.45) is 3.25. The van der Waals surface area contributed by atoms with Gasteiger partial charge in [-0.25, -0.2) is 9.97 Å². The lowest BCUT2D eigenvalue weighted by Crippen LogP contribution is -2.45. The summed E-state index contributed by atoms with van der Waals surface area (Å²) in [5.41, 5.74) is 3.01. The Morgan fingerprint density at radius 1 is 1.08 bits per heavy atom. The van der Waals surface area contributed by atoms with Crippen LogP contribution in [0, 0.1) is 5.92 Å². The first-order chi connectivity index (χ1) is 17.6. The van der Waals surface area contributed by atoms with Gasteiger partial charge in [0.05, 0.1) is 19.6 Å². The second kappa shape index (κ2) is 10.6. The van der Waals surface area contributed by atoms with Gasteiger partial charge in [0, 0.05) is 25.8 Å². The first kappa shape index (κ1) is 23.5. The Balaban J connectivity index is 1.37. The lowest BCUT2D eigenvalue weighted by Gasteiger charge is -2.32. The molecule has 1 atom stereocenters. The monoisotopic (exact) mass is 483 g/mol. The number of methoxy groups -OCH3 is 1. The second-order valence-corrected chi connectivity index (χ2v) is 9.01. The predicted molar refractivity (Wildman–Crippen MR) is 139 cm³/mol. The van der Waals surface area contributed by atoms with Crippen molar-refractivity contribution >= 4 is 22.9 Å². The van der Waals surface area contributed by atoms with E-state index in [1.54, 1.807) is 17.9 Å². The van der Waals surface area contributed by atoms with Crippen LogP contribution in [0.2, 0.25) is 0 Å². The van der Waals surface area contributed by atoms with Crippen molar-refractivity contribution in [1.82, 2.24) is 19.9 Å². The quantitative estimate of drug-likeness (QED) is 0.434. The average molecular weight is 484 g/mol. The number of aromatic nitrogens is 3. The number of hydrogen-bond acceptors (Lipinski definition) is 6. The maximum Gasteiger partial charge on any atom is 0.295 e. The summed E-state index contributed by atoms with van der Waals surface area (Å²) in [5, 5.41) is 3.05. The Morgan fingerprint density at radius 2 is 1.92 bits per heavy atom. The smallest absolute Gasteiger partial charge is 0.295 e. The topological polar surface area (TPSA) is 89.3 Å². The minimum atomic E-state index is -0.224. The molecule has 2 aromatic heterocycles. The molecule has 0 aliphatic carbocycles. The molecule has 1 saturated heterocycles. The third-order valence-corrected chi connectivity index (χ3v) is 6.56. The molecule has 0 saturated carbocycles. The number of piperidine rings is 1. The van der Waals surface area contributed by atoms with Crippen molar-refractivity contribution in [2.24, 2.45) is 5.92 Å². The Labute approximate surface area is 209 Å². The molecule has 0 radical (unpaired) electrons. The number of hydrogen-bond donors (Lipinski definition) is 1. The molecule has 1 amide bonds. The summed E-state index contributed by atoms with van der Waals surface area (Å²) in [6.45, 7) is 1.96. The van der Waals surface area contributed by atoms with Crippen LogP contribution in [0.5, 0.6) is 5.75 Å². The van der Waals surface area contributed by atoms with Gasteiger partial charge < -0.3 is 15.0 Å². The number of carbonyl (C=O) groups excluding carboxylic acids is 1. The fraction of sp³-hybridized carbons (Fsp3) is 0.286. The maximum atomic E-state index is 13.6. The number of pyridine rings is 1. The zero-order valence-electron chi connectivity index (χ0n) is 20.3. The number of amides is 1. The third kappa shape index (κ3) is 5.07. The number of nitrogens with one attached hydrogen (secondary N) is 1. The summed E-state index contributed by atoms with van der Waals surface area (Å²) in [6, 6.07) is 21.2. The van der Waals surface area contributed by atoms with Gasteiger partial charge in [-0.15, -0.1) is 0 Å². The van der Waals surface area contributed by atoms with Crippen molar-refractivity contribution in [3.63, 3.8) is 0 Å². The average Bonchev–Trinajstić information content (AvgIpc) is 2.94. The summed E-state index contributed by atoms with van der Waals surface area (Å²) in [7, 11) is 1.62. The largest absolute Gasteiger partial charge is 0.497 e. The van der Waals surface area contributed by atoms with E-state index in [1.165, 1.54) is 0 Å². The van der Waals surface area contributed by atoms with Gasteiger partial charge in [-0.3, -0.25) is 14.2 Å². The van der Waals surface area contributed by atoms with Gasteiger partial charge in [-0.05, 0) is 48.2 Å². The molecule has 2 aromatic carbocycles. The lowest BCUT2D eigenvalue weighted by atomic mass is 9.97. The Morgan fingerprint density at radius 3 is 2.75 bits per heavy atom. The van der Waals surface area contributed by atoms with Crippen molar-refractivity contribution < 1.29 is 9.53 Å². The van der Waals surface area contributed by atoms with Gasteiger partial charge in [0.15, 0.2) is 11.5 Å². The Kier molecular flexibility index (Phi) is 6.93. The SMILES string of the molecule is COc1cccc(CNC(=O)C2CCCN(c3nc4cccnc4n(Cc4ccccc4)c3=O)C2)c1. The first-order valence-electron chi connectivity index (χ1n) is 12.2. The number of carbonyl (C=O) groups is 1. The van der Waals surface area contributed by atoms with Crippen LogP contribution in [0.1, 0.15) is 24.0 Å². The zero-order chi connectivity index (χ0) is 24.9. The molecular weight excluding hydrogens is 454 g/mol. The summed E-state index contributed by atoms with van der Waals surface area (Å²) in [5.74, 6) is 0.887. The van der Waals surface area contributed by atoms with E-state index in [0.29, 0.717) is 43.2 Å². The molecule has 5 rings (SSSR count). The van der Waals surface area contributed by atoms with Crippen molar-refractivity contribution in [3.8, 4) is 5.75 Å². The van der Waals surface area contributed by atoms with E-state index in [9.17, 15) is 9.59 Å². The molecule has 3 heterocycles. The molecular formula is C28H29N5O3. The molecule has 1 unspecified atom stereocenters. The van der Waals surface area contributed by atoms with Gasteiger partial charge in [0.1, 0.15) is 11.3 Å². The zero-order valence-corrected chi connectivity index (χ0v) is 20.3. The predicted octanol–water partition coefficient (Wildman–Crippen LogP) is 3.38. The highest BCUT2D eigenvalue weighted by Crippen LogP contribution is 2.22. The van der Waals surface area contributed by atoms with Crippen molar-refractivity contribution in [1.29, 1.82) is 0 Å².